The third-order valence-electron chi connectivity index (χ3n) is 3.89. The Bertz CT molecular complexity index is 731. The van der Waals surface area contributed by atoms with Crippen LogP contribution in [0.25, 0.3) is 0 Å². The van der Waals surface area contributed by atoms with E-state index in [1.54, 1.807) is 36.4 Å². The molecule has 0 aromatic heterocycles. The lowest BCUT2D eigenvalue weighted by Gasteiger charge is -2.26. The van der Waals surface area contributed by atoms with E-state index < -0.39 is 18.1 Å². The van der Waals surface area contributed by atoms with Crippen LogP contribution in [0.5, 0.6) is 0 Å². The lowest BCUT2D eigenvalue weighted by atomic mass is 9.81. The van der Waals surface area contributed by atoms with Crippen LogP contribution < -0.4 is 0 Å². The molecule has 0 fully saturated rings. The normalized spacial score (nSPS) is 14.7. The van der Waals surface area contributed by atoms with Gasteiger partial charge in [-0.1, -0.05) is 52.6 Å². The van der Waals surface area contributed by atoms with Crippen LogP contribution in [0.15, 0.2) is 53.7 Å². The van der Waals surface area contributed by atoms with E-state index in [9.17, 15) is 4.39 Å². The fourth-order valence-electron chi connectivity index (χ4n) is 2.42. The van der Waals surface area contributed by atoms with Crippen molar-refractivity contribution < 1.29 is 18.7 Å². The molecule has 0 saturated heterocycles. The summed E-state index contributed by atoms with van der Waals surface area (Å²) >= 11 is 11.7. The summed E-state index contributed by atoms with van der Waals surface area (Å²) < 4.78 is 25.9. The van der Waals surface area contributed by atoms with Gasteiger partial charge in [-0.25, -0.2) is 4.39 Å². The van der Waals surface area contributed by atoms with Gasteiger partial charge in [0.05, 0.1) is 33.4 Å². The van der Waals surface area contributed by atoms with Gasteiger partial charge in [0, 0.05) is 16.7 Å². The van der Waals surface area contributed by atoms with Crippen LogP contribution in [0.4, 0.5) is 4.39 Å². The largest absolute Gasteiger partial charge is 0.399 e. The smallest absolute Gasteiger partial charge is 0.164 e. The molecular formula is C20H21BCl2FNO3. The number of oxime groups is 1. The Labute approximate surface area is 176 Å². The van der Waals surface area contributed by atoms with Crippen molar-refractivity contribution in [3.63, 3.8) is 0 Å². The summed E-state index contributed by atoms with van der Waals surface area (Å²) in [4.78, 5) is 4.54. The van der Waals surface area contributed by atoms with E-state index in [1.165, 1.54) is 7.11 Å². The van der Waals surface area contributed by atoms with Crippen LogP contribution in [0, 0.1) is 0 Å². The predicted octanol–water partition coefficient (Wildman–Crippen LogP) is 5.02. The van der Waals surface area contributed by atoms with E-state index in [0.29, 0.717) is 16.7 Å². The van der Waals surface area contributed by atoms with Gasteiger partial charge in [0.1, 0.15) is 7.11 Å². The quantitative estimate of drug-likeness (QED) is 0.289. The molecule has 148 valence electrons. The second-order valence-electron chi connectivity index (χ2n) is 6.09. The minimum absolute atomic E-state index is 0.106. The summed E-state index contributed by atoms with van der Waals surface area (Å²) in [5.74, 6) is -0.710. The highest BCUT2D eigenvalue weighted by molar-refractivity contribution is 6.30. The molecule has 8 heteroatoms. The summed E-state index contributed by atoms with van der Waals surface area (Å²) in [6.45, 7) is 0.612. The number of halogens is 3. The molecule has 0 unspecified atom stereocenters. The molecule has 0 bridgehead atoms. The number of benzene rings is 2. The predicted molar refractivity (Wildman–Crippen MR) is 111 cm³/mol. The highest BCUT2D eigenvalue weighted by Crippen LogP contribution is 2.21. The van der Waals surface area contributed by atoms with E-state index in [-0.39, 0.29) is 13.2 Å². The second-order valence-corrected chi connectivity index (χ2v) is 6.96. The summed E-state index contributed by atoms with van der Waals surface area (Å²) in [6.07, 6.45) is -1.49. The fourth-order valence-corrected chi connectivity index (χ4v) is 2.67. The SMILES string of the molecule is [B][C@@H](COCc1ccc(Cl)cc1)[C@@H](OCc1ccc(Cl)cc1)[C@H](F)/C=N\OC. The van der Waals surface area contributed by atoms with E-state index in [0.717, 1.165) is 17.3 Å². The highest BCUT2D eigenvalue weighted by Gasteiger charge is 2.27. The third-order valence-corrected chi connectivity index (χ3v) is 4.40. The van der Waals surface area contributed by atoms with Crippen molar-refractivity contribution in [2.24, 2.45) is 5.16 Å². The average molecular weight is 424 g/mol. The third kappa shape index (κ3) is 7.80. The summed E-state index contributed by atoms with van der Waals surface area (Å²) in [6, 6.07) is 14.3. The Kier molecular flexibility index (Phi) is 9.78. The molecule has 0 heterocycles. The zero-order valence-corrected chi connectivity index (χ0v) is 16.9. The maximum absolute atomic E-state index is 14.5. The van der Waals surface area contributed by atoms with Crippen molar-refractivity contribution in [2.75, 3.05) is 13.7 Å². The van der Waals surface area contributed by atoms with Crippen LogP contribution in [-0.2, 0) is 27.5 Å². The zero-order chi connectivity index (χ0) is 20.4. The Morgan fingerprint density at radius 1 is 1.00 bits per heavy atom. The zero-order valence-electron chi connectivity index (χ0n) is 15.4. The van der Waals surface area contributed by atoms with E-state index >= 15 is 0 Å². The number of ether oxygens (including phenoxy) is 2. The van der Waals surface area contributed by atoms with E-state index in [2.05, 4.69) is 9.99 Å². The Balaban J connectivity index is 1.93. The number of alkyl halides is 1. The van der Waals surface area contributed by atoms with E-state index in [1.807, 2.05) is 12.1 Å². The number of nitrogens with zero attached hydrogens (tertiary/aromatic N) is 1. The lowest BCUT2D eigenvalue weighted by molar-refractivity contribution is -0.0158. The topological polar surface area (TPSA) is 40.0 Å². The molecule has 4 nitrogen and oxygen atoms in total. The number of hydrogen-bond acceptors (Lipinski definition) is 4. The van der Waals surface area contributed by atoms with Crippen LogP contribution in [0.1, 0.15) is 11.1 Å². The number of rotatable bonds is 11. The first-order chi connectivity index (χ1) is 13.5. The van der Waals surface area contributed by atoms with Crippen LogP contribution in [0.2, 0.25) is 15.9 Å². The molecule has 2 rings (SSSR count). The van der Waals surface area contributed by atoms with Gasteiger partial charge in [-0.05, 0) is 41.2 Å². The first kappa shape index (κ1) is 22.7. The Morgan fingerprint density at radius 2 is 1.54 bits per heavy atom. The highest BCUT2D eigenvalue weighted by atomic mass is 35.5. The van der Waals surface area contributed by atoms with Crippen molar-refractivity contribution in [1.82, 2.24) is 0 Å². The molecule has 0 saturated carbocycles. The maximum Gasteiger partial charge on any atom is 0.164 e. The summed E-state index contributed by atoms with van der Waals surface area (Å²) in [7, 11) is 7.47. The van der Waals surface area contributed by atoms with Gasteiger partial charge in [0.15, 0.2) is 6.17 Å². The Morgan fingerprint density at radius 3 is 2.07 bits per heavy atom. The molecule has 2 aromatic carbocycles. The van der Waals surface area contributed by atoms with Crippen LogP contribution in [0.3, 0.4) is 0 Å². The van der Waals surface area contributed by atoms with Crippen molar-refractivity contribution in [1.29, 1.82) is 0 Å². The van der Waals surface area contributed by atoms with Gasteiger partial charge in [0.2, 0.25) is 0 Å². The summed E-state index contributed by atoms with van der Waals surface area (Å²) in [5, 5.41) is 4.73. The first-order valence-electron chi connectivity index (χ1n) is 8.64. The molecule has 0 aliphatic heterocycles. The summed E-state index contributed by atoms with van der Waals surface area (Å²) in [5.41, 5.74) is 1.78. The number of hydrogen-bond donors (Lipinski definition) is 0. The standard InChI is InChI=1S/C20H21BCl2FNO3/c1-26-25-10-19(24)20(28-12-15-4-8-17(23)9-5-15)18(21)13-27-11-14-2-6-16(22)7-3-14/h2-10,18-20H,11-13H2,1H3/b25-10-/t18-,19+,20+/m0/s1. The molecule has 0 N–H and O–H groups in total. The lowest BCUT2D eigenvalue weighted by Crippen LogP contribution is -2.34. The van der Waals surface area contributed by atoms with Crippen LogP contribution >= 0.6 is 23.2 Å². The fraction of sp³-hybridized carbons (Fsp3) is 0.350. The average Bonchev–Trinajstić information content (AvgIpc) is 2.69. The van der Waals surface area contributed by atoms with Gasteiger partial charge in [0.25, 0.3) is 0 Å². The minimum atomic E-state index is -1.55. The van der Waals surface area contributed by atoms with Crippen molar-refractivity contribution >= 4 is 37.3 Å². The van der Waals surface area contributed by atoms with Crippen molar-refractivity contribution in [3.05, 3.63) is 69.7 Å². The van der Waals surface area contributed by atoms with Crippen molar-refractivity contribution in [2.45, 2.75) is 31.3 Å². The monoisotopic (exact) mass is 423 g/mol. The van der Waals surface area contributed by atoms with E-state index in [4.69, 9.17) is 40.5 Å². The molecule has 0 spiro atoms. The van der Waals surface area contributed by atoms with Gasteiger partial charge in [-0.15, -0.1) is 0 Å². The molecular weight excluding hydrogens is 403 g/mol. The molecule has 2 aromatic rings. The van der Waals surface area contributed by atoms with Crippen molar-refractivity contribution in [3.8, 4) is 0 Å². The molecule has 0 aliphatic rings. The Hall–Kier alpha value is -1.60. The molecule has 3 atom stereocenters. The van der Waals surface area contributed by atoms with Crippen LogP contribution in [-0.4, -0.2) is 40.1 Å². The van der Waals surface area contributed by atoms with Gasteiger partial charge in [-0.3, -0.25) is 0 Å². The first-order valence-corrected chi connectivity index (χ1v) is 9.39. The van der Waals surface area contributed by atoms with Gasteiger partial charge < -0.3 is 14.3 Å². The van der Waals surface area contributed by atoms with Gasteiger partial charge in [-0.2, -0.15) is 0 Å². The molecule has 2 radical (unpaired) electrons. The molecule has 0 amide bonds. The molecule has 28 heavy (non-hydrogen) atoms. The molecule has 0 aliphatic carbocycles. The second kappa shape index (κ2) is 12.1. The maximum atomic E-state index is 14.5. The van der Waals surface area contributed by atoms with Gasteiger partial charge >= 0.3 is 0 Å². The minimum Gasteiger partial charge on any atom is -0.399 e.